The molecule has 1 aromatic heterocycles. The third-order valence-electron chi connectivity index (χ3n) is 5.70. The second-order valence-corrected chi connectivity index (χ2v) is 7.80. The molecule has 1 aliphatic heterocycles. The number of piperazine rings is 1. The molecule has 0 atom stereocenters. The number of aromatic nitrogens is 1. The fourth-order valence-corrected chi connectivity index (χ4v) is 3.85. The van der Waals surface area contributed by atoms with Crippen LogP contribution in [0.1, 0.15) is 18.1 Å². The number of rotatable bonds is 6. The highest BCUT2D eigenvalue weighted by Crippen LogP contribution is 2.26. The van der Waals surface area contributed by atoms with Crippen LogP contribution in [-0.4, -0.2) is 48.9 Å². The number of hydrogen-bond acceptors (Lipinski definition) is 5. The van der Waals surface area contributed by atoms with Gasteiger partial charge in [0, 0.05) is 44.3 Å². The Morgan fingerprint density at radius 3 is 2.58 bits per heavy atom. The van der Waals surface area contributed by atoms with Gasteiger partial charge in [-0.3, -0.25) is 4.79 Å². The van der Waals surface area contributed by atoms with Crippen molar-refractivity contribution in [2.45, 2.75) is 20.1 Å². The van der Waals surface area contributed by atoms with E-state index < -0.39 is 0 Å². The van der Waals surface area contributed by atoms with Crippen LogP contribution in [0.15, 0.2) is 58.6 Å². The largest absolute Gasteiger partial charge is 0.391 e. The molecule has 0 N–H and O–H groups in total. The van der Waals surface area contributed by atoms with Gasteiger partial charge in [0.05, 0.1) is 23.0 Å². The van der Waals surface area contributed by atoms with E-state index in [0.717, 1.165) is 37.3 Å². The summed E-state index contributed by atoms with van der Waals surface area (Å²) in [6.45, 7) is 6.26. The van der Waals surface area contributed by atoms with Crippen molar-refractivity contribution >= 4 is 22.8 Å². The van der Waals surface area contributed by atoms with Crippen molar-refractivity contribution < 1.29 is 9.23 Å². The van der Waals surface area contributed by atoms with Gasteiger partial charge in [0.25, 0.3) is 0 Å². The number of pyridine rings is 1. The predicted molar refractivity (Wildman–Crippen MR) is 122 cm³/mol. The molecule has 31 heavy (non-hydrogen) atoms. The molecule has 2 heterocycles. The van der Waals surface area contributed by atoms with Gasteiger partial charge in [-0.2, -0.15) is 0 Å². The van der Waals surface area contributed by atoms with Crippen molar-refractivity contribution in [3.8, 4) is 0 Å². The lowest BCUT2D eigenvalue weighted by Gasteiger charge is -2.34. The Labute approximate surface area is 181 Å². The van der Waals surface area contributed by atoms with E-state index in [2.05, 4.69) is 17.1 Å². The zero-order valence-corrected chi connectivity index (χ0v) is 17.9. The summed E-state index contributed by atoms with van der Waals surface area (Å²) in [5.74, 6) is -0.369. The van der Waals surface area contributed by atoms with E-state index in [9.17, 15) is 9.18 Å². The van der Waals surface area contributed by atoms with E-state index in [-0.39, 0.29) is 11.2 Å². The summed E-state index contributed by atoms with van der Waals surface area (Å²) in [5, 5.41) is 4.31. The highest BCUT2D eigenvalue weighted by molar-refractivity contribution is 5.89. The Hall–Kier alpha value is -3.19. The monoisotopic (exact) mass is 422 g/mol. The van der Waals surface area contributed by atoms with Crippen LogP contribution >= 0.6 is 0 Å². The van der Waals surface area contributed by atoms with Crippen LogP contribution < -0.4 is 10.3 Å². The van der Waals surface area contributed by atoms with E-state index >= 15 is 0 Å². The van der Waals surface area contributed by atoms with Crippen LogP contribution in [0.3, 0.4) is 0 Å². The summed E-state index contributed by atoms with van der Waals surface area (Å²) in [6.07, 6.45) is 3.16. The number of oxime groups is 1. The zero-order valence-electron chi connectivity index (χ0n) is 17.9. The second kappa shape index (κ2) is 9.31. The molecule has 1 saturated heterocycles. The average molecular weight is 423 g/mol. The molecular formula is C24H27FN4O2. The van der Waals surface area contributed by atoms with Crippen LogP contribution in [0.25, 0.3) is 10.9 Å². The third kappa shape index (κ3) is 4.61. The standard InChI is InChI=1S/C24H27FN4O2/c1-3-28-16-19(15-26-31-17-18-7-5-4-6-8-18)24(30)20-13-21(25)23(14-22(20)28)29-11-9-27(2)10-12-29/h4-8,13-16H,3,9-12,17H2,1-2H3/b26-15+. The van der Waals surface area contributed by atoms with Gasteiger partial charge in [-0.15, -0.1) is 0 Å². The minimum absolute atomic E-state index is 0.254. The second-order valence-electron chi connectivity index (χ2n) is 7.80. The summed E-state index contributed by atoms with van der Waals surface area (Å²) >= 11 is 0. The molecule has 1 aliphatic rings. The minimum Gasteiger partial charge on any atom is -0.391 e. The zero-order chi connectivity index (χ0) is 21.8. The number of fused-ring (bicyclic) bond motifs is 1. The van der Waals surface area contributed by atoms with Crippen molar-refractivity contribution in [2.24, 2.45) is 5.16 Å². The molecule has 0 saturated carbocycles. The lowest BCUT2D eigenvalue weighted by atomic mass is 10.1. The number of hydrogen-bond donors (Lipinski definition) is 0. The molecule has 2 aromatic carbocycles. The Balaban J connectivity index is 1.63. The highest BCUT2D eigenvalue weighted by atomic mass is 19.1. The Kier molecular flexibility index (Phi) is 6.32. The minimum atomic E-state index is -0.369. The maximum atomic E-state index is 15.0. The Bertz CT molecular complexity index is 1140. The molecule has 0 bridgehead atoms. The predicted octanol–water partition coefficient (Wildman–Crippen LogP) is 3.46. The first-order valence-electron chi connectivity index (χ1n) is 10.6. The smallest absolute Gasteiger partial charge is 0.198 e. The Morgan fingerprint density at radius 1 is 1.13 bits per heavy atom. The first kappa shape index (κ1) is 21.1. The van der Waals surface area contributed by atoms with Crippen molar-refractivity contribution in [3.05, 3.63) is 75.8 Å². The lowest BCUT2D eigenvalue weighted by molar-refractivity contribution is 0.132. The maximum Gasteiger partial charge on any atom is 0.198 e. The molecule has 0 amide bonds. The van der Waals surface area contributed by atoms with E-state index in [4.69, 9.17) is 4.84 Å². The molecule has 6 nitrogen and oxygen atoms in total. The summed E-state index contributed by atoms with van der Waals surface area (Å²) in [4.78, 5) is 22.6. The van der Waals surface area contributed by atoms with E-state index in [1.54, 1.807) is 12.3 Å². The number of anilines is 1. The fourth-order valence-electron chi connectivity index (χ4n) is 3.85. The summed E-state index contributed by atoms with van der Waals surface area (Å²) in [5.41, 5.74) is 2.38. The van der Waals surface area contributed by atoms with Crippen molar-refractivity contribution in [1.82, 2.24) is 9.47 Å². The summed E-state index contributed by atoms with van der Waals surface area (Å²) in [7, 11) is 2.06. The number of benzene rings is 2. The first-order chi connectivity index (χ1) is 15.1. The topological polar surface area (TPSA) is 50.1 Å². The van der Waals surface area contributed by atoms with Gasteiger partial charge in [-0.1, -0.05) is 35.5 Å². The van der Waals surface area contributed by atoms with E-state index in [0.29, 0.717) is 29.8 Å². The number of likely N-dealkylation sites (N-methyl/N-ethyl adjacent to an activating group) is 1. The molecule has 162 valence electrons. The molecule has 0 unspecified atom stereocenters. The quantitative estimate of drug-likeness (QED) is 0.451. The highest BCUT2D eigenvalue weighted by Gasteiger charge is 2.20. The molecule has 3 aromatic rings. The van der Waals surface area contributed by atoms with Gasteiger partial charge in [-0.25, -0.2) is 4.39 Å². The molecule has 7 heteroatoms. The van der Waals surface area contributed by atoms with Crippen molar-refractivity contribution in [3.63, 3.8) is 0 Å². The summed E-state index contributed by atoms with van der Waals surface area (Å²) in [6, 6.07) is 12.8. The average Bonchev–Trinajstić information content (AvgIpc) is 2.79. The van der Waals surface area contributed by atoms with Crippen molar-refractivity contribution in [2.75, 3.05) is 38.1 Å². The maximum absolute atomic E-state index is 15.0. The number of halogens is 1. The first-order valence-corrected chi connectivity index (χ1v) is 10.6. The molecule has 0 aliphatic carbocycles. The van der Waals surface area contributed by atoms with E-state index in [1.807, 2.05) is 46.7 Å². The van der Waals surface area contributed by atoms with E-state index in [1.165, 1.54) is 12.3 Å². The Morgan fingerprint density at radius 2 is 1.87 bits per heavy atom. The normalized spacial score (nSPS) is 15.1. The van der Waals surface area contributed by atoms with Crippen LogP contribution in [0.5, 0.6) is 0 Å². The van der Waals surface area contributed by atoms with Gasteiger partial charge in [0.1, 0.15) is 12.4 Å². The lowest BCUT2D eigenvalue weighted by Crippen LogP contribution is -2.44. The van der Waals surface area contributed by atoms with Crippen LogP contribution in [0, 0.1) is 5.82 Å². The number of aryl methyl sites for hydroxylation is 1. The van der Waals surface area contributed by atoms with Gasteiger partial charge in [0.15, 0.2) is 5.43 Å². The third-order valence-corrected chi connectivity index (χ3v) is 5.70. The van der Waals surface area contributed by atoms with Crippen LogP contribution in [0.2, 0.25) is 0 Å². The number of nitrogens with zero attached hydrogens (tertiary/aromatic N) is 4. The van der Waals surface area contributed by atoms with Crippen LogP contribution in [0.4, 0.5) is 10.1 Å². The van der Waals surface area contributed by atoms with Gasteiger partial charge < -0.3 is 19.2 Å². The summed E-state index contributed by atoms with van der Waals surface area (Å²) < 4.78 is 16.9. The van der Waals surface area contributed by atoms with Crippen molar-refractivity contribution in [1.29, 1.82) is 0 Å². The molecule has 0 spiro atoms. The van der Waals surface area contributed by atoms with Gasteiger partial charge >= 0.3 is 0 Å². The SMILES string of the molecule is CCn1cc(/C=N/OCc2ccccc2)c(=O)c2cc(F)c(N3CCN(C)CC3)cc21. The van der Waals surface area contributed by atoms with Gasteiger partial charge in [0.2, 0.25) is 0 Å². The van der Waals surface area contributed by atoms with Gasteiger partial charge in [-0.05, 0) is 31.7 Å². The van der Waals surface area contributed by atoms with Crippen LogP contribution in [-0.2, 0) is 18.0 Å². The molecule has 4 rings (SSSR count). The molecular weight excluding hydrogens is 395 g/mol. The molecule has 0 radical (unpaired) electrons. The molecule has 1 fully saturated rings. The fraction of sp³-hybridized carbons (Fsp3) is 0.333.